The molecular formula is C34H21ClF3N3O4S. The normalized spacial score (nSPS) is 11.7. The number of fused-ring (bicyclic) bond motifs is 1. The summed E-state index contributed by atoms with van der Waals surface area (Å²) in [6, 6.07) is 22.4. The fraction of sp³-hybridized carbons (Fsp3) is 0.0588. The second-order valence-electron chi connectivity index (χ2n) is 10.4. The Kier molecular flexibility index (Phi) is 7.72. The van der Waals surface area contributed by atoms with Crippen molar-refractivity contribution in [3.63, 3.8) is 0 Å². The van der Waals surface area contributed by atoms with Crippen LogP contribution in [0.4, 0.5) is 13.2 Å². The van der Waals surface area contributed by atoms with Gasteiger partial charge in [0.25, 0.3) is 16.4 Å². The van der Waals surface area contributed by atoms with E-state index in [2.05, 4.69) is 6.07 Å². The fourth-order valence-corrected chi connectivity index (χ4v) is 7.33. The van der Waals surface area contributed by atoms with Gasteiger partial charge in [-0.25, -0.2) is 30.4 Å². The third kappa shape index (κ3) is 5.11. The molecule has 0 fully saturated rings. The highest BCUT2D eigenvalue weighted by molar-refractivity contribution is 7.90. The molecule has 6 rings (SSSR count). The summed E-state index contributed by atoms with van der Waals surface area (Å²) in [4.78, 5) is 11.2. The van der Waals surface area contributed by atoms with Crippen LogP contribution in [0.15, 0.2) is 102 Å². The molecule has 2 heterocycles. The summed E-state index contributed by atoms with van der Waals surface area (Å²) in [6.45, 7) is 0. The van der Waals surface area contributed by atoms with E-state index in [0.717, 1.165) is 34.3 Å². The molecule has 0 atom stereocenters. The Morgan fingerprint density at radius 2 is 1.65 bits per heavy atom. The zero-order valence-corrected chi connectivity index (χ0v) is 25.3. The molecule has 0 aliphatic heterocycles. The molecule has 0 bridgehead atoms. The Bertz CT molecular complexity index is 2340. The van der Waals surface area contributed by atoms with Gasteiger partial charge in [0.2, 0.25) is 0 Å². The Morgan fingerprint density at radius 1 is 0.935 bits per heavy atom. The largest absolute Gasteiger partial charge is 0.478 e. The van der Waals surface area contributed by atoms with Gasteiger partial charge in [0, 0.05) is 51.5 Å². The molecule has 12 heteroatoms. The number of carbonyl (C=O) groups is 1. The van der Waals surface area contributed by atoms with Crippen molar-refractivity contribution in [2.75, 3.05) is 0 Å². The van der Waals surface area contributed by atoms with Gasteiger partial charge >= 0.3 is 5.97 Å². The summed E-state index contributed by atoms with van der Waals surface area (Å²) in [7, 11) is -2.89. The number of halogens is 4. The maximum atomic E-state index is 14.9. The number of carboxylic acids is 1. The SMILES string of the molecule is Cn1ccc(-c2c(-c3cccc(-c4ccc(C(=O)O)cc4Cl)c3)n(S(=O)(=O)c3ccc(C(F)F)cc3)c3ccc(F)cc23)c1C#N. The number of carboxylic acid groups (broad SMARTS) is 1. The Morgan fingerprint density at radius 3 is 2.30 bits per heavy atom. The standard InChI is InChI=1S/C34H21ClF3N3O4S/c1-40-14-13-26(30(40)18-39)31-27-17-23(36)8-12-29(27)41(46(44,45)24-9-5-19(6-10-24)33(37)38)32(31)21-4-2-3-20(15-21)25-11-7-22(34(42)43)16-28(25)35/h2-17,33H,1H3,(H,42,43). The second-order valence-corrected chi connectivity index (χ2v) is 12.6. The number of aryl methyl sites for hydroxylation is 1. The monoisotopic (exact) mass is 659 g/mol. The van der Waals surface area contributed by atoms with Crippen molar-refractivity contribution < 1.29 is 31.5 Å². The van der Waals surface area contributed by atoms with E-state index in [0.29, 0.717) is 22.3 Å². The summed E-state index contributed by atoms with van der Waals surface area (Å²) < 4.78 is 73.0. The van der Waals surface area contributed by atoms with Crippen LogP contribution in [0, 0.1) is 17.1 Å². The summed E-state index contributed by atoms with van der Waals surface area (Å²) >= 11 is 6.48. The van der Waals surface area contributed by atoms with Crippen molar-refractivity contribution in [2.45, 2.75) is 11.3 Å². The first-order valence-electron chi connectivity index (χ1n) is 13.6. The fourth-order valence-electron chi connectivity index (χ4n) is 5.50. The van der Waals surface area contributed by atoms with Gasteiger partial charge in [0.15, 0.2) is 0 Å². The van der Waals surface area contributed by atoms with Gasteiger partial charge in [-0.1, -0.05) is 48.0 Å². The van der Waals surface area contributed by atoms with E-state index in [1.54, 1.807) is 48.1 Å². The molecule has 7 nitrogen and oxygen atoms in total. The molecule has 0 saturated carbocycles. The van der Waals surface area contributed by atoms with E-state index in [4.69, 9.17) is 11.6 Å². The number of alkyl halides is 2. The summed E-state index contributed by atoms with van der Waals surface area (Å²) in [5, 5.41) is 19.8. The van der Waals surface area contributed by atoms with Gasteiger partial charge in [-0.3, -0.25) is 0 Å². The zero-order valence-electron chi connectivity index (χ0n) is 23.7. The number of hydrogen-bond donors (Lipinski definition) is 1. The minimum atomic E-state index is -4.53. The molecule has 230 valence electrons. The highest BCUT2D eigenvalue weighted by Gasteiger charge is 2.31. The predicted octanol–water partition coefficient (Wildman–Crippen LogP) is 8.52. The molecule has 0 aliphatic rings. The molecule has 0 unspecified atom stereocenters. The molecule has 1 N–H and O–H groups in total. The molecule has 0 radical (unpaired) electrons. The number of rotatable bonds is 7. The molecule has 4 aromatic carbocycles. The smallest absolute Gasteiger partial charge is 0.335 e. The number of nitriles is 1. The van der Waals surface area contributed by atoms with E-state index in [1.807, 2.05) is 0 Å². The van der Waals surface area contributed by atoms with Crippen molar-refractivity contribution >= 4 is 38.5 Å². The van der Waals surface area contributed by atoms with Gasteiger partial charge in [-0.15, -0.1) is 0 Å². The average Bonchev–Trinajstić information content (AvgIpc) is 3.57. The Balaban J connectivity index is 1.71. The Labute approximate surface area is 266 Å². The van der Waals surface area contributed by atoms with E-state index < -0.39 is 28.2 Å². The number of hydrogen-bond acceptors (Lipinski definition) is 4. The van der Waals surface area contributed by atoms with Crippen molar-refractivity contribution in [3.05, 3.63) is 125 Å². The quantitative estimate of drug-likeness (QED) is 0.185. The lowest BCUT2D eigenvalue weighted by Crippen LogP contribution is -2.14. The second kappa shape index (κ2) is 11.6. The maximum Gasteiger partial charge on any atom is 0.335 e. The molecule has 6 aromatic rings. The number of nitrogens with zero attached hydrogens (tertiary/aromatic N) is 3. The highest BCUT2D eigenvalue weighted by Crippen LogP contribution is 2.45. The van der Waals surface area contributed by atoms with Crippen LogP contribution in [0.1, 0.15) is 28.0 Å². The van der Waals surface area contributed by atoms with Crippen LogP contribution >= 0.6 is 11.6 Å². The van der Waals surface area contributed by atoms with Crippen LogP contribution in [0.2, 0.25) is 5.02 Å². The van der Waals surface area contributed by atoms with E-state index in [1.165, 1.54) is 30.3 Å². The Hall–Kier alpha value is -5.31. The number of benzene rings is 4. The first-order valence-corrected chi connectivity index (χ1v) is 15.4. The van der Waals surface area contributed by atoms with Crippen LogP contribution in [-0.4, -0.2) is 28.0 Å². The van der Waals surface area contributed by atoms with Crippen LogP contribution in [-0.2, 0) is 17.1 Å². The first kappa shape index (κ1) is 30.7. The number of aromatic nitrogens is 2. The van der Waals surface area contributed by atoms with Crippen molar-refractivity contribution in [3.8, 4) is 39.6 Å². The lowest BCUT2D eigenvalue weighted by molar-refractivity contribution is 0.0697. The van der Waals surface area contributed by atoms with Gasteiger partial charge in [0.05, 0.1) is 21.7 Å². The minimum Gasteiger partial charge on any atom is -0.478 e. The van der Waals surface area contributed by atoms with Crippen LogP contribution in [0.25, 0.3) is 44.4 Å². The third-order valence-electron chi connectivity index (χ3n) is 7.67. The lowest BCUT2D eigenvalue weighted by atomic mass is 9.96. The molecule has 2 aromatic heterocycles. The van der Waals surface area contributed by atoms with Crippen LogP contribution in [0.5, 0.6) is 0 Å². The third-order valence-corrected chi connectivity index (χ3v) is 9.71. The molecule has 0 spiro atoms. The average molecular weight is 660 g/mol. The summed E-state index contributed by atoms with van der Waals surface area (Å²) in [5.74, 6) is -1.81. The van der Waals surface area contributed by atoms with E-state index >= 15 is 0 Å². The molecule has 46 heavy (non-hydrogen) atoms. The van der Waals surface area contributed by atoms with Gasteiger partial charge in [0.1, 0.15) is 17.6 Å². The first-order chi connectivity index (χ1) is 21.9. The van der Waals surface area contributed by atoms with E-state index in [-0.39, 0.29) is 48.9 Å². The molecule has 0 amide bonds. The summed E-state index contributed by atoms with van der Waals surface area (Å²) in [6.07, 6.45) is -1.19. The topological polar surface area (TPSA) is 105 Å². The van der Waals surface area contributed by atoms with E-state index in [9.17, 15) is 36.8 Å². The maximum absolute atomic E-state index is 14.9. The van der Waals surface area contributed by atoms with Gasteiger partial charge < -0.3 is 9.67 Å². The number of aromatic carboxylic acids is 1. The molecule has 0 saturated heterocycles. The van der Waals surface area contributed by atoms with Crippen molar-refractivity contribution in [2.24, 2.45) is 7.05 Å². The molecule has 0 aliphatic carbocycles. The minimum absolute atomic E-state index is 0.0218. The molecular weight excluding hydrogens is 639 g/mol. The zero-order chi connectivity index (χ0) is 32.9. The summed E-state index contributed by atoms with van der Waals surface area (Å²) in [5.41, 5.74) is 1.89. The lowest BCUT2D eigenvalue weighted by Gasteiger charge is -2.15. The van der Waals surface area contributed by atoms with Gasteiger partial charge in [-0.2, -0.15) is 5.26 Å². The van der Waals surface area contributed by atoms with Crippen LogP contribution < -0.4 is 0 Å². The van der Waals surface area contributed by atoms with Crippen molar-refractivity contribution in [1.82, 2.24) is 8.54 Å². The highest BCUT2D eigenvalue weighted by atomic mass is 35.5. The van der Waals surface area contributed by atoms with Crippen LogP contribution in [0.3, 0.4) is 0 Å². The van der Waals surface area contributed by atoms with Crippen molar-refractivity contribution in [1.29, 1.82) is 5.26 Å². The predicted molar refractivity (Wildman–Crippen MR) is 168 cm³/mol. The van der Waals surface area contributed by atoms with Gasteiger partial charge in [-0.05, 0) is 60.2 Å².